The number of carbonyl (C=O) groups excluding carboxylic acids is 1. The van der Waals surface area contributed by atoms with E-state index < -0.39 is 5.91 Å². The maximum Gasteiger partial charge on any atom is 0.279 e. The topological polar surface area (TPSA) is 93.8 Å². The van der Waals surface area contributed by atoms with Gasteiger partial charge in [-0.25, -0.2) is 15.0 Å². The number of hydrogen-bond donors (Lipinski definition) is 2. The van der Waals surface area contributed by atoms with E-state index in [0.29, 0.717) is 5.82 Å². The van der Waals surface area contributed by atoms with Crippen molar-refractivity contribution in [3.8, 4) is 11.3 Å². The molecule has 3 aromatic rings. The minimum Gasteiger partial charge on any atom is -0.382 e. The van der Waals surface area contributed by atoms with Crippen molar-refractivity contribution in [3.05, 3.63) is 65.6 Å². The summed E-state index contributed by atoms with van der Waals surface area (Å²) in [5.74, 6) is -0.126. The van der Waals surface area contributed by atoms with E-state index in [1.807, 2.05) is 36.4 Å². The molecule has 0 aliphatic heterocycles. The molecule has 6 nitrogen and oxygen atoms in total. The lowest BCUT2D eigenvalue weighted by atomic mass is 10.1. The number of aromatic nitrogens is 3. The zero-order valence-corrected chi connectivity index (χ0v) is 12.7. The summed E-state index contributed by atoms with van der Waals surface area (Å²) in [4.78, 5) is 24.3. The molecule has 0 spiro atoms. The van der Waals surface area contributed by atoms with Crippen molar-refractivity contribution in [1.82, 2.24) is 15.0 Å². The van der Waals surface area contributed by atoms with Gasteiger partial charge < -0.3 is 11.1 Å². The molecule has 0 fully saturated rings. The van der Waals surface area contributed by atoms with E-state index in [1.165, 1.54) is 6.20 Å². The molecule has 1 aromatic carbocycles. The first-order chi connectivity index (χ1) is 11.1. The van der Waals surface area contributed by atoms with Crippen LogP contribution < -0.4 is 11.1 Å². The molecular weight excluding hydrogens is 314 g/mol. The van der Waals surface area contributed by atoms with Crippen molar-refractivity contribution in [2.24, 2.45) is 0 Å². The van der Waals surface area contributed by atoms with Crippen LogP contribution in [0.1, 0.15) is 10.5 Å². The molecular formula is C16H12ClN5O. The molecule has 0 bridgehead atoms. The number of amides is 1. The summed E-state index contributed by atoms with van der Waals surface area (Å²) >= 11 is 5.74. The van der Waals surface area contributed by atoms with Crippen LogP contribution in [0, 0.1) is 0 Å². The van der Waals surface area contributed by atoms with E-state index in [2.05, 4.69) is 20.3 Å². The molecule has 0 saturated carbocycles. The summed E-state index contributed by atoms with van der Waals surface area (Å²) in [7, 11) is 0. The Balaban J connectivity index is 1.86. The monoisotopic (exact) mass is 325 g/mol. The molecule has 0 atom stereocenters. The third kappa shape index (κ3) is 3.44. The van der Waals surface area contributed by atoms with E-state index in [-0.39, 0.29) is 16.7 Å². The number of carbonyl (C=O) groups is 1. The summed E-state index contributed by atoms with van der Waals surface area (Å²) in [6.45, 7) is 0. The molecule has 0 aliphatic rings. The molecule has 0 saturated heterocycles. The first-order valence-corrected chi connectivity index (χ1v) is 7.13. The van der Waals surface area contributed by atoms with Crippen molar-refractivity contribution in [2.75, 3.05) is 11.1 Å². The number of rotatable bonds is 3. The highest BCUT2D eigenvalue weighted by Crippen LogP contribution is 2.19. The Morgan fingerprint density at radius 1 is 1.04 bits per heavy atom. The molecule has 2 heterocycles. The lowest BCUT2D eigenvalue weighted by Crippen LogP contribution is -2.17. The summed E-state index contributed by atoms with van der Waals surface area (Å²) < 4.78 is 0. The zero-order valence-electron chi connectivity index (χ0n) is 11.9. The quantitative estimate of drug-likeness (QED) is 0.772. The van der Waals surface area contributed by atoms with Gasteiger partial charge in [0.15, 0.2) is 11.5 Å². The Labute approximate surface area is 137 Å². The number of nitrogens with one attached hydrogen (secondary N) is 1. The minimum absolute atomic E-state index is 0.00566. The van der Waals surface area contributed by atoms with Gasteiger partial charge >= 0.3 is 0 Å². The average Bonchev–Trinajstić information content (AvgIpc) is 2.58. The normalized spacial score (nSPS) is 10.3. The van der Waals surface area contributed by atoms with Gasteiger partial charge in [0.1, 0.15) is 11.0 Å². The lowest BCUT2D eigenvalue weighted by Gasteiger charge is -2.07. The Morgan fingerprint density at radius 3 is 2.61 bits per heavy atom. The molecule has 114 valence electrons. The van der Waals surface area contributed by atoms with Crippen LogP contribution in [0.2, 0.25) is 5.15 Å². The molecule has 3 N–H and O–H groups in total. The van der Waals surface area contributed by atoms with Gasteiger partial charge in [-0.05, 0) is 12.1 Å². The van der Waals surface area contributed by atoms with Gasteiger partial charge in [0.05, 0.1) is 11.9 Å². The Morgan fingerprint density at radius 2 is 1.83 bits per heavy atom. The predicted molar refractivity (Wildman–Crippen MR) is 89.1 cm³/mol. The second-order valence-corrected chi connectivity index (χ2v) is 5.04. The third-order valence-corrected chi connectivity index (χ3v) is 3.23. The Kier molecular flexibility index (Phi) is 4.16. The average molecular weight is 326 g/mol. The number of nitrogens with zero attached hydrogens (tertiary/aromatic N) is 3. The van der Waals surface area contributed by atoms with Crippen LogP contribution in [0.15, 0.2) is 54.7 Å². The first kappa shape index (κ1) is 14.9. The number of nitrogens with two attached hydrogens (primary N) is 1. The van der Waals surface area contributed by atoms with Crippen molar-refractivity contribution in [1.29, 1.82) is 0 Å². The van der Waals surface area contributed by atoms with E-state index in [1.54, 1.807) is 12.1 Å². The summed E-state index contributed by atoms with van der Waals surface area (Å²) in [5, 5.41) is 2.74. The van der Waals surface area contributed by atoms with Crippen LogP contribution in [0.4, 0.5) is 11.6 Å². The van der Waals surface area contributed by atoms with Crippen molar-refractivity contribution >= 4 is 29.1 Å². The fourth-order valence-corrected chi connectivity index (χ4v) is 2.13. The number of nitrogen functional groups attached to an aromatic ring is 1. The zero-order chi connectivity index (χ0) is 16.2. The van der Waals surface area contributed by atoms with Gasteiger partial charge in [-0.2, -0.15) is 0 Å². The highest BCUT2D eigenvalue weighted by molar-refractivity contribution is 6.29. The van der Waals surface area contributed by atoms with Crippen molar-refractivity contribution < 1.29 is 4.79 Å². The highest BCUT2D eigenvalue weighted by atomic mass is 35.5. The molecule has 23 heavy (non-hydrogen) atoms. The fraction of sp³-hybridized carbons (Fsp3) is 0. The van der Waals surface area contributed by atoms with Crippen LogP contribution in [0.5, 0.6) is 0 Å². The minimum atomic E-state index is -0.518. The van der Waals surface area contributed by atoms with Crippen molar-refractivity contribution in [2.45, 2.75) is 0 Å². The number of anilines is 2. The van der Waals surface area contributed by atoms with Crippen LogP contribution in [0.3, 0.4) is 0 Å². The lowest BCUT2D eigenvalue weighted by molar-refractivity contribution is 0.102. The second kappa shape index (κ2) is 6.41. The van der Waals surface area contributed by atoms with E-state index in [9.17, 15) is 4.79 Å². The smallest absolute Gasteiger partial charge is 0.279 e. The summed E-state index contributed by atoms with van der Waals surface area (Å²) in [6.07, 6.45) is 1.28. The molecule has 3 rings (SSSR count). The molecule has 0 radical (unpaired) electrons. The van der Waals surface area contributed by atoms with Gasteiger partial charge in [-0.1, -0.05) is 48.0 Å². The van der Waals surface area contributed by atoms with E-state index >= 15 is 0 Å². The van der Waals surface area contributed by atoms with Gasteiger partial charge in [0, 0.05) is 5.56 Å². The van der Waals surface area contributed by atoms with Gasteiger partial charge in [-0.15, -0.1) is 0 Å². The molecule has 2 aromatic heterocycles. The SMILES string of the molecule is Nc1ncc(Cl)nc1C(=O)Nc1cccc(-c2ccccc2)n1. The number of pyridine rings is 1. The Hall–Kier alpha value is -2.99. The first-order valence-electron chi connectivity index (χ1n) is 6.75. The Bertz CT molecular complexity index is 854. The van der Waals surface area contributed by atoms with Crippen LogP contribution >= 0.6 is 11.6 Å². The van der Waals surface area contributed by atoms with Crippen molar-refractivity contribution in [3.63, 3.8) is 0 Å². The molecule has 1 amide bonds. The second-order valence-electron chi connectivity index (χ2n) is 4.65. The van der Waals surface area contributed by atoms with Crippen LogP contribution in [-0.2, 0) is 0 Å². The number of hydrogen-bond acceptors (Lipinski definition) is 5. The van der Waals surface area contributed by atoms with E-state index in [0.717, 1.165) is 11.3 Å². The van der Waals surface area contributed by atoms with E-state index in [4.69, 9.17) is 17.3 Å². The summed E-state index contributed by atoms with van der Waals surface area (Å²) in [6, 6.07) is 15.0. The molecule has 0 aliphatic carbocycles. The maximum atomic E-state index is 12.2. The van der Waals surface area contributed by atoms with Gasteiger partial charge in [0.25, 0.3) is 5.91 Å². The highest BCUT2D eigenvalue weighted by Gasteiger charge is 2.14. The van der Waals surface area contributed by atoms with Crippen LogP contribution in [0.25, 0.3) is 11.3 Å². The van der Waals surface area contributed by atoms with Crippen LogP contribution in [-0.4, -0.2) is 20.9 Å². The van der Waals surface area contributed by atoms with Gasteiger partial charge in [0.2, 0.25) is 0 Å². The number of benzene rings is 1. The maximum absolute atomic E-state index is 12.2. The predicted octanol–water partition coefficient (Wildman–Crippen LogP) is 3.03. The molecule has 0 unspecified atom stereocenters. The third-order valence-electron chi connectivity index (χ3n) is 3.05. The summed E-state index contributed by atoms with van der Waals surface area (Å²) in [5.41, 5.74) is 7.31. The van der Waals surface area contributed by atoms with Gasteiger partial charge in [-0.3, -0.25) is 4.79 Å². The number of halogens is 1. The molecule has 7 heteroatoms. The largest absolute Gasteiger partial charge is 0.382 e. The fourth-order valence-electron chi connectivity index (χ4n) is 1.99. The standard InChI is InChI=1S/C16H12ClN5O/c17-12-9-19-15(18)14(21-12)16(23)22-13-8-4-7-11(20-13)10-5-2-1-3-6-10/h1-9H,(H2,18,19)(H,20,22,23).